The van der Waals surface area contributed by atoms with Crippen molar-refractivity contribution < 1.29 is 22.8 Å². The normalized spacial score (nSPS) is 12.3. The Labute approximate surface area is 176 Å². The van der Waals surface area contributed by atoms with E-state index in [1.54, 1.807) is 6.07 Å². The monoisotopic (exact) mass is 438 g/mol. The molecule has 6 nitrogen and oxygen atoms in total. The lowest BCUT2D eigenvalue weighted by molar-refractivity contribution is -0.137. The van der Waals surface area contributed by atoms with Crippen molar-refractivity contribution in [1.82, 2.24) is 20.1 Å². The van der Waals surface area contributed by atoms with Crippen molar-refractivity contribution in [2.75, 3.05) is 5.75 Å². The van der Waals surface area contributed by atoms with Gasteiger partial charge in [-0.25, -0.2) is 4.98 Å². The summed E-state index contributed by atoms with van der Waals surface area (Å²) in [6.45, 7) is 6.00. The molecule has 0 saturated carbocycles. The Morgan fingerprint density at radius 2 is 1.83 bits per heavy atom. The summed E-state index contributed by atoms with van der Waals surface area (Å²) in [5.41, 5.74) is 0.0277. The van der Waals surface area contributed by atoms with E-state index >= 15 is 0 Å². The van der Waals surface area contributed by atoms with Gasteiger partial charge in [-0.3, -0.25) is 0 Å². The summed E-state index contributed by atoms with van der Waals surface area (Å²) in [6, 6.07) is 6.36. The molecule has 3 aromatic rings. The zero-order chi connectivity index (χ0) is 21.9. The molecular formula is C20H21F3N4O2S. The molecule has 2 heterocycles. The molecule has 1 N–H and O–H groups in total. The van der Waals surface area contributed by atoms with Crippen molar-refractivity contribution in [2.24, 2.45) is 0 Å². The van der Waals surface area contributed by atoms with E-state index in [-0.39, 0.29) is 22.7 Å². The lowest BCUT2D eigenvalue weighted by Gasteiger charge is -2.18. The number of halogens is 3. The summed E-state index contributed by atoms with van der Waals surface area (Å²) in [5.74, 6) is 1.04. The molecule has 0 unspecified atom stereocenters. The fourth-order valence-electron chi connectivity index (χ4n) is 2.56. The van der Waals surface area contributed by atoms with E-state index in [9.17, 15) is 18.3 Å². The fraction of sp³-hybridized carbons (Fsp3) is 0.400. The summed E-state index contributed by atoms with van der Waals surface area (Å²) in [5, 5.41) is 14.1. The van der Waals surface area contributed by atoms with Crippen LogP contribution in [0.1, 0.15) is 44.3 Å². The van der Waals surface area contributed by atoms with Crippen LogP contribution >= 0.6 is 11.8 Å². The van der Waals surface area contributed by atoms with Gasteiger partial charge in [0.05, 0.1) is 11.3 Å². The van der Waals surface area contributed by atoms with Gasteiger partial charge in [-0.2, -0.15) is 23.1 Å². The van der Waals surface area contributed by atoms with Crippen molar-refractivity contribution in [3.63, 3.8) is 0 Å². The molecule has 0 bridgehead atoms. The van der Waals surface area contributed by atoms with Gasteiger partial charge in [0.15, 0.2) is 5.16 Å². The van der Waals surface area contributed by atoms with E-state index in [4.69, 9.17) is 4.52 Å². The second-order valence-electron chi connectivity index (χ2n) is 7.69. The van der Waals surface area contributed by atoms with Gasteiger partial charge in [-0.1, -0.05) is 49.8 Å². The number of alkyl halides is 3. The Hall–Kier alpha value is -2.62. The first-order valence-electron chi connectivity index (χ1n) is 9.24. The van der Waals surface area contributed by atoms with Crippen molar-refractivity contribution in [3.8, 4) is 17.3 Å². The molecule has 160 valence electrons. The first-order valence-corrected chi connectivity index (χ1v) is 10.2. The summed E-state index contributed by atoms with van der Waals surface area (Å²) in [7, 11) is 0. The van der Waals surface area contributed by atoms with Crippen LogP contribution in [-0.4, -0.2) is 31.0 Å². The molecule has 0 aliphatic heterocycles. The van der Waals surface area contributed by atoms with Gasteiger partial charge in [0.25, 0.3) is 0 Å². The van der Waals surface area contributed by atoms with Crippen molar-refractivity contribution in [2.45, 2.75) is 50.4 Å². The van der Waals surface area contributed by atoms with E-state index in [0.717, 1.165) is 17.8 Å². The highest BCUT2D eigenvalue weighted by Crippen LogP contribution is 2.31. The molecule has 0 fully saturated rings. The summed E-state index contributed by atoms with van der Waals surface area (Å²) < 4.78 is 43.7. The molecule has 30 heavy (non-hydrogen) atoms. The number of aryl methyl sites for hydroxylation is 1. The standard InChI is InChI=1S/C20H21F3N4O2S/c1-19(2,3)14-11-15(28)25-18(24-14)30-9-5-8-16-26-17(27-29-16)12-6-4-7-13(10-12)20(21,22)23/h4,6-7,10-11H,5,8-9H2,1-3H3,(H,24,25,28). The minimum Gasteiger partial charge on any atom is -0.493 e. The first-order chi connectivity index (χ1) is 14.0. The van der Waals surface area contributed by atoms with E-state index in [1.165, 1.54) is 23.9 Å². The van der Waals surface area contributed by atoms with E-state index in [0.29, 0.717) is 29.6 Å². The minimum atomic E-state index is -4.43. The summed E-state index contributed by atoms with van der Waals surface area (Å²) in [6.07, 6.45) is -3.30. The molecule has 10 heteroatoms. The van der Waals surface area contributed by atoms with Gasteiger partial charge in [0.2, 0.25) is 17.6 Å². The van der Waals surface area contributed by atoms with Crippen LogP contribution in [-0.2, 0) is 18.0 Å². The predicted octanol–water partition coefficient (Wildman–Crippen LogP) is 5.27. The molecule has 0 aliphatic rings. The highest BCUT2D eigenvalue weighted by Gasteiger charge is 2.30. The highest BCUT2D eigenvalue weighted by atomic mass is 32.2. The third-order valence-electron chi connectivity index (χ3n) is 4.14. The van der Waals surface area contributed by atoms with E-state index in [1.807, 2.05) is 20.8 Å². The van der Waals surface area contributed by atoms with Crippen LogP contribution in [0, 0.1) is 0 Å². The number of benzene rings is 1. The van der Waals surface area contributed by atoms with Crippen molar-refractivity contribution >= 4 is 11.8 Å². The Bertz CT molecular complexity index is 1020. The van der Waals surface area contributed by atoms with Gasteiger partial charge in [-0.15, -0.1) is 0 Å². The molecule has 1 aromatic carbocycles. The number of rotatable bonds is 6. The van der Waals surface area contributed by atoms with Gasteiger partial charge < -0.3 is 9.63 Å². The SMILES string of the molecule is CC(C)(C)c1cc(O)nc(SCCCc2nc(-c3cccc(C(F)(F)F)c3)no2)n1. The largest absolute Gasteiger partial charge is 0.493 e. The van der Waals surface area contributed by atoms with Crippen LogP contribution < -0.4 is 0 Å². The number of hydrogen-bond acceptors (Lipinski definition) is 7. The first kappa shape index (κ1) is 22.1. The second-order valence-corrected chi connectivity index (χ2v) is 8.75. The quantitative estimate of drug-likeness (QED) is 0.319. The Morgan fingerprint density at radius 3 is 2.53 bits per heavy atom. The molecule has 0 amide bonds. The highest BCUT2D eigenvalue weighted by molar-refractivity contribution is 7.99. The average molecular weight is 438 g/mol. The van der Waals surface area contributed by atoms with Gasteiger partial charge in [-0.05, 0) is 18.6 Å². The molecule has 0 radical (unpaired) electrons. The molecule has 0 spiro atoms. The Balaban J connectivity index is 1.58. The molecule has 0 saturated heterocycles. The van der Waals surface area contributed by atoms with Gasteiger partial charge in [0.1, 0.15) is 0 Å². The Kier molecular flexibility index (Phi) is 6.35. The number of thioether (sulfide) groups is 1. The van der Waals surface area contributed by atoms with Crippen LogP contribution in [0.4, 0.5) is 13.2 Å². The molecule has 0 atom stereocenters. The smallest absolute Gasteiger partial charge is 0.416 e. The fourth-order valence-corrected chi connectivity index (χ4v) is 3.35. The van der Waals surface area contributed by atoms with Crippen LogP contribution in [0.25, 0.3) is 11.4 Å². The van der Waals surface area contributed by atoms with Crippen LogP contribution in [0.5, 0.6) is 5.88 Å². The van der Waals surface area contributed by atoms with Crippen LogP contribution in [0.15, 0.2) is 40.0 Å². The van der Waals surface area contributed by atoms with Crippen molar-refractivity contribution in [1.29, 1.82) is 0 Å². The second kappa shape index (κ2) is 8.63. The number of hydrogen-bond donors (Lipinski definition) is 1. The van der Waals surface area contributed by atoms with Gasteiger partial charge in [0, 0.05) is 29.2 Å². The van der Waals surface area contributed by atoms with Crippen LogP contribution in [0.3, 0.4) is 0 Å². The Morgan fingerprint density at radius 1 is 1.07 bits per heavy atom. The summed E-state index contributed by atoms with van der Waals surface area (Å²) in [4.78, 5) is 12.7. The summed E-state index contributed by atoms with van der Waals surface area (Å²) >= 11 is 1.39. The number of aromatic hydroxyl groups is 1. The lowest BCUT2D eigenvalue weighted by atomic mass is 9.92. The molecular weight excluding hydrogens is 417 g/mol. The zero-order valence-electron chi connectivity index (χ0n) is 16.7. The third kappa shape index (κ3) is 5.71. The van der Waals surface area contributed by atoms with Crippen LogP contribution in [0.2, 0.25) is 0 Å². The number of nitrogens with zero attached hydrogens (tertiary/aromatic N) is 4. The molecule has 3 rings (SSSR count). The predicted molar refractivity (Wildman–Crippen MR) is 106 cm³/mol. The average Bonchev–Trinajstić information content (AvgIpc) is 3.13. The zero-order valence-corrected chi connectivity index (χ0v) is 17.5. The van der Waals surface area contributed by atoms with E-state index in [2.05, 4.69) is 20.1 Å². The molecule has 2 aromatic heterocycles. The third-order valence-corrected chi connectivity index (χ3v) is 5.08. The maximum absolute atomic E-state index is 12.9. The maximum atomic E-state index is 12.9. The topological polar surface area (TPSA) is 84.9 Å². The van der Waals surface area contributed by atoms with E-state index < -0.39 is 11.7 Å². The van der Waals surface area contributed by atoms with Crippen molar-refractivity contribution in [3.05, 3.63) is 47.5 Å². The van der Waals surface area contributed by atoms with Gasteiger partial charge >= 0.3 is 6.18 Å². The number of aromatic nitrogens is 4. The maximum Gasteiger partial charge on any atom is 0.416 e. The molecule has 0 aliphatic carbocycles. The minimum absolute atomic E-state index is 0.0694. The lowest BCUT2D eigenvalue weighted by Crippen LogP contribution is -2.14.